The van der Waals surface area contributed by atoms with Gasteiger partial charge in [0.1, 0.15) is 11.3 Å². The molecule has 188 valence electrons. The van der Waals surface area contributed by atoms with Gasteiger partial charge in [-0.25, -0.2) is 0 Å². The molecule has 5 aliphatic carbocycles. The van der Waals surface area contributed by atoms with Crippen molar-refractivity contribution in [2.24, 2.45) is 41.4 Å². The maximum absolute atomic E-state index is 14.4. The Hall–Kier alpha value is -3.46. The summed E-state index contributed by atoms with van der Waals surface area (Å²) in [6.45, 7) is 0. The van der Waals surface area contributed by atoms with Gasteiger partial charge in [0.05, 0.1) is 11.3 Å². The average molecular weight is 499 g/mol. The summed E-state index contributed by atoms with van der Waals surface area (Å²) in [7, 11) is 0. The van der Waals surface area contributed by atoms with Crippen molar-refractivity contribution in [3.63, 3.8) is 0 Å². The highest BCUT2D eigenvalue weighted by atomic mass is 16.3. The minimum absolute atomic E-state index is 0.110. The predicted octanol–water partition coefficient (Wildman–Crippen LogP) is 7.45. The van der Waals surface area contributed by atoms with Gasteiger partial charge in [-0.2, -0.15) is 0 Å². The molecule has 0 N–H and O–H groups in total. The highest BCUT2D eigenvalue weighted by Gasteiger charge is 2.70. The lowest BCUT2D eigenvalue weighted by atomic mass is 9.61. The van der Waals surface area contributed by atoms with Crippen molar-refractivity contribution in [3.05, 3.63) is 106 Å². The third kappa shape index (κ3) is 2.65. The van der Waals surface area contributed by atoms with E-state index >= 15 is 0 Å². The maximum Gasteiger partial charge on any atom is 0.196 e. The Kier molecular flexibility index (Phi) is 4.27. The number of Topliss-reactive ketones (excluding diaryl/α,β-unsaturated/α-hetero) is 1. The zero-order valence-corrected chi connectivity index (χ0v) is 21.3. The van der Waals surface area contributed by atoms with E-state index in [1.807, 2.05) is 54.6 Å². The topological polar surface area (TPSA) is 47.3 Å². The minimum atomic E-state index is -0.357. The Bertz CT molecular complexity index is 1670. The Balaban J connectivity index is 1.19. The molecule has 4 aromatic rings. The van der Waals surface area contributed by atoms with Crippen LogP contribution in [0.2, 0.25) is 0 Å². The van der Waals surface area contributed by atoms with E-state index < -0.39 is 0 Å². The number of para-hydroxylation sites is 1. The van der Waals surface area contributed by atoms with E-state index in [4.69, 9.17) is 4.42 Å². The molecular weight excluding hydrogens is 468 g/mol. The number of fused-ring (bicyclic) bond motifs is 15. The predicted molar refractivity (Wildman–Crippen MR) is 147 cm³/mol. The first-order valence-corrected chi connectivity index (χ1v) is 14.4. The molecule has 0 saturated heterocycles. The van der Waals surface area contributed by atoms with Crippen LogP contribution < -0.4 is 5.43 Å². The van der Waals surface area contributed by atoms with Gasteiger partial charge in [0.25, 0.3) is 0 Å². The molecule has 9 atom stereocenters. The summed E-state index contributed by atoms with van der Waals surface area (Å²) in [5.74, 6) is 5.05. The monoisotopic (exact) mass is 498 g/mol. The number of rotatable bonds is 3. The molecule has 4 fully saturated rings. The number of benzene rings is 3. The van der Waals surface area contributed by atoms with E-state index in [-0.39, 0.29) is 29.0 Å². The second-order valence-electron chi connectivity index (χ2n) is 12.6. The number of ketones is 1. The molecule has 9 rings (SSSR count). The van der Waals surface area contributed by atoms with Crippen LogP contribution in [0.4, 0.5) is 0 Å². The van der Waals surface area contributed by atoms with Crippen LogP contribution in [-0.4, -0.2) is 5.78 Å². The van der Waals surface area contributed by atoms with Gasteiger partial charge in [0, 0.05) is 11.1 Å². The summed E-state index contributed by atoms with van der Waals surface area (Å²) < 4.78 is 6.56. The van der Waals surface area contributed by atoms with E-state index in [1.165, 1.54) is 25.7 Å². The lowest BCUT2D eigenvalue weighted by Crippen LogP contribution is -2.38. The molecule has 0 aliphatic heterocycles. The van der Waals surface area contributed by atoms with E-state index in [0.29, 0.717) is 28.6 Å². The molecule has 3 aromatic carbocycles. The first-order chi connectivity index (χ1) is 18.7. The summed E-state index contributed by atoms with van der Waals surface area (Å²) >= 11 is 0. The fraction of sp³-hybridized carbons (Fsp3) is 0.371. The SMILES string of the molecule is O=C(c1ccc(-c2ccccc2)cc1)[C@@H]1c2oc3ccccc3c(=O)c2[C@H]2[C@H]3C[C@H]([C@H]4[C@@H]5CC[C@@H](C5)[C@@H]34)[C@H]21. The van der Waals surface area contributed by atoms with Crippen LogP contribution in [0.5, 0.6) is 0 Å². The van der Waals surface area contributed by atoms with E-state index in [2.05, 4.69) is 24.3 Å². The average Bonchev–Trinajstić information content (AvgIpc) is 3.77. The molecular formula is C35H30O3. The van der Waals surface area contributed by atoms with Gasteiger partial charge in [-0.15, -0.1) is 0 Å². The molecule has 5 aliphatic rings. The van der Waals surface area contributed by atoms with Crippen LogP contribution in [0.1, 0.15) is 59.2 Å². The van der Waals surface area contributed by atoms with Gasteiger partial charge >= 0.3 is 0 Å². The highest BCUT2D eigenvalue weighted by Crippen LogP contribution is 2.75. The van der Waals surface area contributed by atoms with Crippen molar-refractivity contribution in [3.8, 4) is 11.1 Å². The normalized spacial score (nSPS) is 35.4. The second kappa shape index (κ2) is 7.56. The van der Waals surface area contributed by atoms with Crippen LogP contribution in [0.3, 0.4) is 0 Å². The van der Waals surface area contributed by atoms with E-state index in [1.54, 1.807) is 0 Å². The zero-order chi connectivity index (χ0) is 25.1. The van der Waals surface area contributed by atoms with Crippen LogP contribution in [0.15, 0.2) is 88.1 Å². The van der Waals surface area contributed by atoms with Crippen LogP contribution >= 0.6 is 0 Å². The van der Waals surface area contributed by atoms with Gasteiger partial charge < -0.3 is 4.42 Å². The third-order valence-electron chi connectivity index (χ3n) is 11.4. The van der Waals surface area contributed by atoms with Gasteiger partial charge in [-0.3, -0.25) is 9.59 Å². The first-order valence-electron chi connectivity index (χ1n) is 14.4. The number of hydrogen-bond acceptors (Lipinski definition) is 3. The molecule has 1 heterocycles. The Morgan fingerprint density at radius 2 is 1.39 bits per heavy atom. The summed E-state index contributed by atoms with van der Waals surface area (Å²) in [4.78, 5) is 28.4. The van der Waals surface area contributed by atoms with Crippen molar-refractivity contribution in [1.82, 2.24) is 0 Å². The molecule has 3 heteroatoms. The Morgan fingerprint density at radius 3 is 2.18 bits per heavy atom. The summed E-state index contributed by atoms with van der Waals surface area (Å²) in [6.07, 6.45) is 5.29. The van der Waals surface area contributed by atoms with E-state index in [0.717, 1.165) is 45.9 Å². The molecule has 3 nitrogen and oxygen atoms in total. The third-order valence-corrected chi connectivity index (χ3v) is 11.4. The largest absolute Gasteiger partial charge is 0.460 e. The lowest BCUT2D eigenvalue weighted by molar-refractivity contribution is 0.0683. The molecule has 4 bridgehead atoms. The molecule has 0 unspecified atom stereocenters. The van der Waals surface area contributed by atoms with Crippen molar-refractivity contribution >= 4 is 16.8 Å². The first kappa shape index (κ1) is 21.5. The minimum Gasteiger partial charge on any atom is -0.460 e. The highest BCUT2D eigenvalue weighted by molar-refractivity contribution is 6.02. The molecule has 1 aromatic heterocycles. The van der Waals surface area contributed by atoms with Gasteiger partial charge in [-0.1, -0.05) is 66.7 Å². The lowest BCUT2D eigenvalue weighted by Gasteiger charge is -2.42. The Morgan fingerprint density at radius 1 is 0.711 bits per heavy atom. The van der Waals surface area contributed by atoms with Crippen LogP contribution in [-0.2, 0) is 0 Å². The summed E-state index contributed by atoms with van der Waals surface area (Å²) in [5.41, 5.74) is 4.55. The molecule has 0 radical (unpaired) electrons. The van der Waals surface area contributed by atoms with Crippen molar-refractivity contribution < 1.29 is 9.21 Å². The summed E-state index contributed by atoms with van der Waals surface area (Å²) in [5, 5.41) is 0.664. The van der Waals surface area contributed by atoms with Gasteiger partial charge in [0.15, 0.2) is 11.2 Å². The quantitative estimate of drug-likeness (QED) is 0.218. The second-order valence-corrected chi connectivity index (χ2v) is 12.6. The molecule has 38 heavy (non-hydrogen) atoms. The zero-order valence-electron chi connectivity index (χ0n) is 21.3. The standard InChI is InChI=1S/C35H30O3/c36-33(20-12-10-19(11-13-20)18-6-2-1-3-7-18)31-29-24-17-25(28-22-15-14-21(16-22)27(24)28)30(29)32-34(37)23-8-4-5-9-26(23)38-35(31)32/h1-13,21-22,24-25,27-31H,14-17H2/t21-,22+,24-,25+,27-,28+,29-,30+,31-/m1/s1. The van der Waals surface area contributed by atoms with Gasteiger partial charge in [0.2, 0.25) is 0 Å². The fourth-order valence-corrected chi connectivity index (χ4v) is 10.3. The number of carbonyl (C=O) groups is 1. The summed E-state index contributed by atoms with van der Waals surface area (Å²) in [6, 6.07) is 25.9. The van der Waals surface area contributed by atoms with Crippen molar-refractivity contribution in [2.75, 3.05) is 0 Å². The number of hydrogen-bond donors (Lipinski definition) is 0. The Labute approximate surface area is 221 Å². The molecule has 0 amide bonds. The van der Waals surface area contributed by atoms with Crippen molar-refractivity contribution in [2.45, 2.75) is 37.5 Å². The smallest absolute Gasteiger partial charge is 0.196 e. The number of carbonyl (C=O) groups excluding carboxylic acids is 1. The van der Waals surface area contributed by atoms with Crippen molar-refractivity contribution in [1.29, 1.82) is 0 Å². The van der Waals surface area contributed by atoms with Crippen LogP contribution in [0.25, 0.3) is 22.1 Å². The van der Waals surface area contributed by atoms with Crippen LogP contribution in [0, 0.1) is 41.4 Å². The van der Waals surface area contributed by atoms with Gasteiger partial charge in [-0.05, 0) is 96.3 Å². The van der Waals surface area contributed by atoms with E-state index in [9.17, 15) is 9.59 Å². The molecule has 4 saturated carbocycles. The molecule has 0 spiro atoms. The maximum atomic E-state index is 14.4. The fourth-order valence-electron chi connectivity index (χ4n) is 10.3.